The SMILES string of the molecule is CC(C)[C@H]1C(O)[C@@H](C(N)=O)C(=O)[C@]2(O)C(O)[C@H]3C(=O)c4c(O)c(C(C)(C)C)cc(C(=O)O)c4[C@@H](C)[C@]3(C)[C@@H](O)[C@]12C. The zero-order chi connectivity index (χ0) is 31.5. The standard InChI is InChI=1S/C30H41NO10/c1-10(2)17-21(34)16(24(31)37)22(35)30(41)23(36)18-20(33)15-14(11(3)28(18,7)26(40)29(17,30)8)12(25(38)39)9-13(19(15)32)27(4,5)6/h9-11,16-18,21,23,26,32,34,36,40-41H,1-8H3,(H2,31,37)(H,38,39)/t11-,16-,17+,18-,21?,23?,26-,28+,29+,30+/m1/s1. The van der Waals surface area contributed by atoms with Crippen LogP contribution in [0.15, 0.2) is 6.07 Å². The number of carbonyl (C=O) groups is 4. The van der Waals surface area contributed by atoms with Gasteiger partial charge in [0, 0.05) is 16.4 Å². The van der Waals surface area contributed by atoms with Gasteiger partial charge in [0.15, 0.2) is 17.2 Å². The molecule has 8 N–H and O–H groups in total. The normalized spacial score (nSPS) is 40.6. The molecule has 2 unspecified atom stereocenters. The van der Waals surface area contributed by atoms with Crippen molar-refractivity contribution in [1.82, 2.24) is 0 Å². The summed E-state index contributed by atoms with van der Waals surface area (Å²) in [5, 5.41) is 69.3. The molecule has 0 bridgehead atoms. The van der Waals surface area contributed by atoms with Gasteiger partial charge in [-0.1, -0.05) is 55.4 Å². The molecule has 0 aliphatic heterocycles. The van der Waals surface area contributed by atoms with Crippen LogP contribution in [-0.2, 0) is 15.0 Å². The Hall–Kier alpha value is -2.86. The summed E-state index contributed by atoms with van der Waals surface area (Å²) in [5.41, 5.74) is -2.45. The number of phenolic OH excluding ortho intramolecular Hbond substituents is 1. The van der Waals surface area contributed by atoms with E-state index in [0.29, 0.717) is 0 Å². The van der Waals surface area contributed by atoms with E-state index in [9.17, 15) is 49.8 Å². The average molecular weight is 576 g/mol. The van der Waals surface area contributed by atoms with E-state index in [1.54, 1.807) is 41.5 Å². The third-order valence-electron chi connectivity index (χ3n) is 10.8. The van der Waals surface area contributed by atoms with E-state index in [2.05, 4.69) is 0 Å². The van der Waals surface area contributed by atoms with Crippen molar-refractivity contribution in [3.8, 4) is 5.75 Å². The van der Waals surface area contributed by atoms with Crippen LogP contribution in [-0.4, -0.2) is 78.0 Å². The molecule has 2 fully saturated rings. The molecule has 0 radical (unpaired) electrons. The van der Waals surface area contributed by atoms with Gasteiger partial charge in [0.25, 0.3) is 0 Å². The minimum absolute atomic E-state index is 0.0363. The van der Waals surface area contributed by atoms with Crippen molar-refractivity contribution >= 4 is 23.4 Å². The van der Waals surface area contributed by atoms with Gasteiger partial charge < -0.3 is 36.4 Å². The first-order valence-electron chi connectivity index (χ1n) is 13.8. The van der Waals surface area contributed by atoms with Crippen molar-refractivity contribution in [2.24, 2.45) is 40.2 Å². The Balaban J connectivity index is 2.13. The predicted molar refractivity (Wildman–Crippen MR) is 145 cm³/mol. The van der Waals surface area contributed by atoms with Crippen LogP contribution in [0.1, 0.15) is 93.2 Å². The van der Waals surface area contributed by atoms with Crippen LogP contribution < -0.4 is 5.73 Å². The number of aromatic carboxylic acids is 1. The molecule has 1 aromatic rings. The number of nitrogens with two attached hydrogens (primary N) is 1. The highest BCUT2D eigenvalue weighted by Crippen LogP contribution is 2.68. The second-order valence-corrected chi connectivity index (χ2v) is 14.0. The molecule has 0 heterocycles. The quantitative estimate of drug-likeness (QED) is 0.255. The number of aliphatic hydroxyl groups excluding tert-OH is 3. The van der Waals surface area contributed by atoms with E-state index >= 15 is 0 Å². The molecule has 1 aromatic carbocycles. The summed E-state index contributed by atoms with van der Waals surface area (Å²) in [6, 6.07) is 1.30. The number of Topliss-reactive ketones (excluding diaryl/α,β-unsaturated/α-hetero) is 2. The number of primary amides is 1. The number of carboxylic acid groups (broad SMARTS) is 1. The first kappa shape index (κ1) is 31.1. The van der Waals surface area contributed by atoms with Gasteiger partial charge in [-0.25, -0.2) is 4.79 Å². The molecule has 3 aliphatic carbocycles. The molecule has 1 amide bonds. The van der Waals surface area contributed by atoms with E-state index < -0.39 is 98.9 Å². The van der Waals surface area contributed by atoms with Gasteiger partial charge in [-0.3, -0.25) is 14.4 Å². The number of aliphatic hydroxyl groups is 4. The van der Waals surface area contributed by atoms with Crippen LogP contribution in [0, 0.1) is 34.5 Å². The molecule has 2 saturated carbocycles. The molecule has 4 rings (SSSR count). The lowest BCUT2D eigenvalue weighted by molar-refractivity contribution is -0.306. The number of phenols is 1. The Morgan fingerprint density at radius 3 is 2.05 bits per heavy atom. The van der Waals surface area contributed by atoms with Crippen molar-refractivity contribution in [1.29, 1.82) is 0 Å². The Morgan fingerprint density at radius 2 is 1.61 bits per heavy atom. The summed E-state index contributed by atoms with van der Waals surface area (Å²) < 4.78 is 0. The largest absolute Gasteiger partial charge is 0.507 e. The average Bonchev–Trinajstić information content (AvgIpc) is 2.82. The molecule has 0 aromatic heterocycles. The summed E-state index contributed by atoms with van der Waals surface area (Å²) in [6.45, 7) is 12.8. The highest BCUT2D eigenvalue weighted by Gasteiger charge is 2.80. The summed E-state index contributed by atoms with van der Waals surface area (Å²) in [4.78, 5) is 53.1. The Labute approximate surface area is 238 Å². The van der Waals surface area contributed by atoms with E-state index in [1.165, 1.54) is 19.9 Å². The zero-order valence-electron chi connectivity index (χ0n) is 24.6. The maximum absolute atomic E-state index is 14.4. The van der Waals surface area contributed by atoms with Gasteiger partial charge in [0.05, 0.1) is 29.3 Å². The number of carboxylic acids is 1. The molecule has 226 valence electrons. The van der Waals surface area contributed by atoms with Crippen LogP contribution in [0.25, 0.3) is 0 Å². The zero-order valence-corrected chi connectivity index (χ0v) is 24.6. The minimum atomic E-state index is -2.91. The highest BCUT2D eigenvalue weighted by atomic mass is 16.4. The maximum atomic E-state index is 14.4. The first-order chi connectivity index (χ1) is 18.5. The lowest BCUT2D eigenvalue weighted by atomic mass is 9.36. The van der Waals surface area contributed by atoms with E-state index in [0.717, 1.165) is 0 Å². The molecule has 3 aliphatic rings. The summed E-state index contributed by atoms with van der Waals surface area (Å²) in [7, 11) is 0. The number of amides is 1. The fourth-order valence-corrected chi connectivity index (χ4v) is 8.64. The first-order valence-corrected chi connectivity index (χ1v) is 13.8. The van der Waals surface area contributed by atoms with Crippen LogP contribution in [0.5, 0.6) is 5.75 Å². The summed E-state index contributed by atoms with van der Waals surface area (Å²) in [6.07, 6.45) is -5.72. The predicted octanol–water partition coefficient (Wildman–Crippen LogP) is 1.10. The molecule has 11 nitrogen and oxygen atoms in total. The van der Waals surface area contributed by atoms with Gasteiger partial charge in [0.1, 0.15) is 17.8 Å². The second-order valence-electron chi connectivity index (χ2n) is 14.0. The molecule has 11 heteroatoms. The second kappa shape index (κ2) is 9.07. The van der Waals surface area contributed by atoms with Crippen molar-refractivity contribution < 1.29 is 49.8 Å². The van der Waals surface area contributed by atoms with Crippen LogP contribution in [0.4, 0.5) is 0 Å². The summed E-state index contributed by atoms with van der Waals surface area (Å²) >= 11 is 0. The molecule has 41 heavy (non-hydrogen) atoms. The third-order valence-corrected chi connectivity index (χ3v) is 10.8. The van der Waals surface area contributed by atoms with E-state index in [4.69, 9.17) is 5.73 Å². The Bertz CT molecular complexity index is 1360. The van der Waals surface area contributed by atoms with Gasteiger partial charge in [-0.2, -0.15) is 0 Å². The van der Waals surface area contributed by atoms with Crippen molar-refractivity contribution in [2.45, 2.75) is 90.6 Å². The van der Waals surface area contributed by atoms with Gasteiger partial charge in [-0.15, -0.1) is 0 Å². The smallest absolute Gasteiger partial charge is 0.336 e. The molecule has 0 saturated heterocycles. The third kappa shape index (κ3) is 3.52. The van der Waals surface area contributed by atoms with Crippen molar-refractivity contribution in [3.63, 3.8) is 0 Å². The molecule has 10 atom stereocenters. The van der Waals surface area contributed by atoms with E-state index in [1.807, 2.05) is 0 Å². The Morgan fingerprint density at radius 1 is 1.07 bits per heavy atom. The van der Waals surface area contributed by atoms with Gasteiger partial charge in [-0.05, 0) is 34.8 Å². The number of hydrogen-bond acceptors (Lipinski definition) is 9. The summed E-state index contributed by atoms with van der Waals surface area (Å²) in [5.74, 6) is -11.7. The number of benzene rings is 1. The number of fused-ring (bicyclic) bond motifs is 3. The molecular weight excluding hydrogens is 534 g/mol. The van der Waals surface area contributed by atoms with Gasteiger partial charge >= 0.3 is 5.97 Å². The number of ketones is 2. The van der Waals surface area contributed by atoms with Crippen molar-refractivity contribution in [3.05, 3.63) is 28.3 Å². The van der Waals surface area contributed by atoms with Gasteiger partial charge in [0.2, 0.25) is 5.91 Å². The topological polar surface area (TPSA) is 216 Å². The number of rotatable bonds is 3. The number of carbonyl (C=O) groups excluding carboxylic acids is 3. The maximum Gasteiger partial charge on any atom is 0.336 e. The minimum Gasteiger partial charge on any atom is -0.507 e. The Kier molecular flexibility index (Phi) is 6.87. The lowest BCUT2D eigenvalue weighted by Gasteiger charge is -2.69. The van der Waals surface area contributed by atoms with Crippen LogP contribution in [0.2, 0.25) is 0 Å². The number of aromatic hydroxyl groups is 1. The van der Waals surface area contributed by atoms with Crippen molar-refractivity contribution in [2.75, 3.05) is 0 Å². The molecule has 0 spiro atoms. The van der Waals surface area contributed by atoms with Crippen LogP contribution in [0.3, 0.4) is 0 Å². The number of hydrogen-bond donors (Lipinski definition) is 7. The van der Waals surface area contributed by atoms with Crippen LogP contribution >= 0.6 is 0 Å². The molecular formula is C30H41NO10. The highest BCUT2D eigenvalue weighted by molar-refractivity contribution is 6.10. The fourth-order valence-electron chi connectivity index (χ4n) is 8.64. The fraction of sp³-hybridized carbons (Fsp3) is 0.667. The lowest BCUT2D eigenvalue weighted by Crippen LogP contribution is -2.83. The monoisotopic (exact) mass is 575 g/mol. The van der Waals surface area contributed by atoms with E-state index in [-0.39, 0.29) is 22.3 Å².